The van der Waals surface area contributed by atoms with E-state index in [1.165, 1.54) is 0 Å². The second kappa shape index (κ2) is 8.06. The molecule has 0 aromatic carbocycles. The zero-order chi connectivity index (χ0) is 16.1. The molecule has 0 bridgehead atoms. The lowest BCUT2D eigenvalue weighted by atomic mass is 10.2. The molecule has 0 unspecified atom stereocenters. The quantitative estimate of drug-likeness (QED) is 0.485. The van der Waals surface area contributed by atoms with Crippen LogP contribution in [0, 0.1) is 0 Å². The van der Waals surface area contributed by atoms with E-state index in [0.717, 1.165) is 32.1 Å². The van der Waals surface area contributed by atoms with Crippen molar-refractivity contribution in [2.45, 2.75) is 75.4 Å². The minimum atomic E-state index is -3.61. The van der Waals surface area contributed by atoms with E-state index in [1.54, 1.807) is 0 Å². The maximum atomic E-state index is 12.2. The van der Waals surface area contributed by atoms with Crippen molar-refractivity contribution in [3.05, 3.63) is 0 Å². The minimum absolute atomic E-state index is 0.108. The molecule has 7 heteroatoms. The van der Waals surface area contributed by atoms with Crippen LogP contribution in [-0.2, 0) is 23.8 Å². The van der Waals surface area contributed by atoms with E-state index in [0.29, 0.717) is 19.4 Å². The number of rotatable bonds is 10. The van der Waals surface area contributed by atoms with Gasteiger partial charge >= 0.3 is 0 Å². The zero-order valence-electron chi connectivity index (χ0n) is 13.3. The fraction of sp³-hybridized carbons (Fsp3) is 1.00. The van der Waals surface area contributed by atoms with Crippen LogP contribution in [0.15, 0.2) is 0 Å². The third-order valence-corrected chi connectivity index (χ3v) is 6.41. The molecule has 0 aromatic heterocycles. The lowest BCUT2D eigenvalue weighted by Gasteiger charge is -2.25. The van der Waals surface area contributed by atoms with Crippen molar-refractivity contribution < 1.29 is 27.2 Å². The first kappa shape index (κ1) is 18.1. The minimum Gasteiger partial charge on any atom is -0.391 e. The zero-order valence-corrected chi connectivity index (χ0v) is 14.1. The summed E-state index contributed by atoms with van der Waals surface area (Å²) in [7, 11) is -3.61. The van der Waals surface area contributed by atoms with Gasteiger partial charge in [-0.1, -0.05) is 13.3 Å². The maximum Gasteiger partial charge on any atom is 0.273 e. The van der Waals surface area contributed by atoms with E-state index in [4.69, 9.17) is 13.7 Å². The summed E-state index contributed by atoms with van der Waals surface area (Å²) in [6, 6.07) is 0. The van der Waals surface area contributed by atoms with Crippen LogP contribution < -0.4 is 0 Å². The third-order valence-electron chi connectivity index (χ3n) is 4.29. The lowest BCUT2D eigenvalue weighted by molar-refractivity contribution is -0.175. The third kappa shape index (κ3) is 4.89. The van der Waals surface area contributed by atoms with Crippen molar-refractivity contribution >= 4 is 10.1 Å². The Bertz CT molecular complexity index is 425. The van der Waals surface area contributed by atoms with Gasteiger partial charge < -0.3 is 14.6 Å². The second-order valence-electron chi connectivity index (χ2n) is 6.30. The first-order valence-electron chi connectivity index (χ1n) is 8.29. The van der Waals surface area contributed by atoms with E-state index in [2.05, 4.69) is 0 Å². The van der Waals surface area contributed by atoms with Gasteiger partial charge in [-0.15, -0.1) is 0 Å². The van der Waals surface area contributed by atoms with Gasteiger partial charge in [-0.25, -0.2) is 0 Å². The Morgan fingerprint density at radius 3 is 2.73 bits per heavy atom. The standard InChI is InChI=1S/C15H28O6S/c1-2-3-10-21-22(17,18)15(7-8-15)11-13(16)12-20-14-6-4-5-9-19-14/h13-14,16H,2-12H2,1H3/t13-,14-/m0/s1. The van der Waals surface area contributed by atoms with E-state index < -0.39 is 21.0 Å². The van der Waals surface area contributed by atoms with Gasteiger partial charge in [0.1, 0.15) is 4.75 Å². The molecule has 2 fully saturated rings. The first-order chi connectivity index (χ1) is 10.5. The van der Waals surface area contributed by atoms with Crippen molar-refractivity contribution in [1.82, 2.24) is 0 Å². The largest absolute Gasteiger partial charge is 0.391 e. The summed E-state index contributed by atoms with van der Waals surface area (Å²) < 4.78 is 39.6. The average Bonchev–Trinajstić information content (AvgIpc) is 3.28. The van der Waals surface area contributed by atoms with Crippen molar-refractivity contribution in [2.24, 2.45) is 0 Å². The van der Waals surface area contributed by atoms with E-state index in [9.17, 15) is 13.5 Å². The van der Waals surface area contributed by atoms with Gasteiger partial charge in [0.25, 0.3) is 10.1 Å². The molecule has 1 N–H and O–H groups in total. The smallest absolute Gasteiger partial charge is 0.273 e. The molecule has 1 saturated heterocycles. The van der Waals surface area contributed by atoms with Crippen LogP contribution in [0.3, 0.4) is 0 Å². The Labute approximate surface area is 133 Å². The number of ether oxygens (including phenoxy) is 2. The Hall–Kier alpha value is -0.210. The normalized spacial score (nSPS) is 25.8. The Balaban J connectivity index is 1.75. The van der Waals surface area contributed by atoms with Crippen molar-refractivity contribution in [1.29, 1.82) is 0 Å². The van der Waals surface area contributed by atoms with E-state index in [1.807, 2.05) is 6.92 Å². The molecule has 1 heterocycles. The van der Waals surface area contributed by atoms with Gasteiger partial charge in [0.05, 0.1) is 19.3 Å². The Morgan fingerprint density at radius 1 is 1.36 bits per heavy atom. The SMILES string of the molecule is CCCCOS(=O)(=O)C1(C[C@H](O)CO[C@H]2CCCCO2)CC1. The molecule has 22 heavy (non-hydrogen) atoms. The summed E-state index contributed by atoms with van der Waals surface area (Å²) >= 11 is 0. The first-order valence-corrected chi connectivity index (χ1v) is 9.70. The Kier molecular flexibility index (Phi) is 6.64. The average molecular weight is 336 g/mol. The van der Waals surface area contributed by atoms with Crippen molar-refractivity contribution in [2.75, 3.05) is 19.8 Å². The summed E-state index contributed by atoms with van der Waals surface area (Å²) in [5.74, 6) is 0. The number of hydrogen-bond donors (Lipinski definition) is 1. The Morgan fingerprint density at radius 2 is 2.14 bits per heavy atom. The highest BCUT2D eigenvalue weighted by molar-refractivity contribution is 7.88. The van der Waals surface area contributed by atoms with Gasteiger partial charge in [-0.3, -0.25) is 4.18 Å². The molecule has 2 aliphatic rings. The van der Waals surface area contributed by atoms with Crippen LogP contribution in [0.25, 0.3) is 0 Å². The van der Waals surface area contributed by atoms with Gasteiger partial charge in [0, 0.05) is 6.61 Å². The van der Waals surface area contributed by atoms with Crippen LogP contribution in [0.5, 0.6) is 0 Å². The van der Waals surface area contributed by atoms with Crippen LogP contribution in [-0.4, -0.2) is 50.5 Å². The van der Waals surface area contributed by atoms with Crippen molar-refractivity contribution in [3.8, 4) is 0 Å². The van der Waals surface area contributed by atoms with Crippen LogP contribution in [0.4, 0.5) is 0 Å². The maximum absolute atomic E-state index is 12.2. The molecular formula is C15H28O6S. The predicted octanol–water partition coefficient (Wildman–Crippen LogP) is 1.96. The van der Waals surface area contributed by atoms with Gasteiger partial charge in [0.15, 0.2) is 6.29 Å². The molecule has 1 aliphatic carbocycles. The van der Waals surface area contributed by atoms with Crippen LogP contribution in [0.2, 0.25) is 0 Å². The molecule has 2 atom stereocenters. The molecule has 2 rings (SSSR count). The molecule has 130 valence electrons. The summed E-state index contributed by atoms with van der Waals surface area (Å²) in [4.78, 5) is 0. The fourth-order valence-corrected chi connectivity index (χ4v) is 4.27. The number of hydrogen-bond acceptors (Lipinski definition) is 6. The molecule has 1 aliphatic heterocycles. The van der Waals surface area contributed by atoms with E-state index >= 15 is 0 Å². The van der Waals surface area contributed by atoms with Crippen LogP contribution in [0.1, 0.15) is 58.3 Å². The summed E-state index contributed by atoms with van der Waals surface area (Å²) in [6.07, 6.45) is 4.75. The van der Waals surface area contributed by atoms with Gasteiger partial charge in [0.2, 0.25) is 0 Å². The summed E-state index contributed by atoms with van der Waals surface area (Å²) in [6.45, 7) is 3.00. The molecular weight excluding hydrogens is 308 g/mol. The van der Waals surface area contributed by atoms with E-state index in [-0.39, 0.29) is 25.9 Å². The molecule has 6 nitrogen and oxygen atoms in total. The number of aliphatic hydroxyl groups is 1. The fourth-order valence-electron chi connectivity index (χ4n) is 2.68. The van der Waals surface area contributed by atoms with Crippen LogP contribution >= 0.6 is 0 Å². The monoisotopic (exact) mass is 336 g/mol. The molecule has 0 radical (unpaired) electrons. The number of aliphatic hydroxyl groups excluding tert-OH is 1. The highest BCUT2D eigenvalue weighted by Gasteiger charge is 2.56. The summed E-state index contributed by atoms with van der Waals surface area (Å²) in [5.41, 5.74) is 0. The molecule has 0 amide bonds. The summed E-state index contributed by atoms with van der Waals surface area (Å²) in [5, 5.41) is 10.1. The predicted molar refractivity (Wildman–Crippen MR) is 81.9 cm³/mol. The highest BCUT2D eigenvalue weighted by Crippen LogP contribution is 2.48. The lowest BCUT2D eigenvalue weighted by Crippen LogP contribution is -2.34. The molecule has 0 aromatic rings. The highest BCUT2D eigenvalue weighted by atomic mass is 32.2. The molecule has 0 spiro atoms. The molecule has 1 saturated carbocycles. The number of unbranched alkanes of at least 4 members (excludes halogenated alkanes) is 1. The second-order valence-corrected chi connectivity index (χ2v) is 8.31. The topological polar surface area (TPSA) is 82.1 Å². The van der Waals surface area contributed by atoms with Gasteiger partial charge in [-0.2, -0.15) is 8.42 Å². The van der Waals surface area contributed by atoms with Crippen molar-refractivity contribution in [3.63, 3.8) is 0 Å². The van der Waals surface area contributed by atoms with Gasteiger partial charge in [-0.05, 0) is 44.9 Å².